The van der Waals surface area contributed by atoms with Gasteiger partial charge in [-0.15, -0.1) is 11.8 Å². The number of pyridine rings is 1. The molecule has 2 amide bonds. The third-order valence-electron chi connectivity index (χ3n) is 7.77. The molecule has 45 heavy (non-hydrogen) atoms. The first-order valence-corrected chi connectivity index (χ1v) is 16.1. The van der Waals surface area contributed by atoms with Gasteiger partial charge >= 0.3 is 5.97 Å². The monoisotopic (exact) mass is 674 g/mol. The van der Waals surface area contributed by atoms with Gasteiger partial charge in [-0.3, -0.25) is 14.5 Å². The Balaban J connectivity index is 1.23. The number of halogens is 1. The molecule has 0 radical (unpaired) electrons. The number of fused-ring (bicyclic) bond motifs is 2. The molecule has 236 valence electrons. The zero-order chi connectivity index (χ0) is 32.0. The quantitative estimate of drug-likeness (QED) is 0.0929. The van der Waals surface area contributed by atoms with E-state index < -0.39 is 47.0 Å². The number of anilines is 1. The van der Waals surface area contributed by atoms with E-state index in [4.69, 9.17) is 27.3 Å². The number of oxime groups is 1. The molecule has 18 heteroatoms. The first-order valence-electron chi connectivity index (χ1n) is 13.8. The summed E-state index contributed by atoms with van der Waals surface area (Å²) in [6, 6.07) is 5.12. The lowest BCUT2D eigenvalue weighted by atomic mass is 10.0. The summed E-state index contributed by atoms with van der Waals surface area (Å²) in [5, 5.41) is 30.4. The van der Waals surface area contributed by atoms with E-state index in [1.165, 1.54) is 18.7 Å². The zero-order valence-electron chi connectivity index (χ0n) is 23.6. The van der Waals surface area contributed by atoms with Crippen molar-refractivity contribution in [2.45, 2.75) is 43.5 Å². The van der Waals surface area contributed by atoms with Crippen molar-refractivity contribution < 1.29 is 38.8 Å². The Labute approximate surface area is 268 Å². The standard InChI is InChI=1S/C27H27ClN8O7S2/c1-12(25(39)40)43-33-18(17-21(28)45-27(29)32-17)22(37)31-19-23(38)36-20(26(41)42)13(11-44-24(19)36)10-34-7-2-3-16-15(34)5-8-35(16)14-4-6-30-9-14/h2-3,5,7-8,12,14,19,24,30H,4,6,9-11H2,1H3,(H4-,29,31,32,37,39,40,41,42)/b33-18-/t12-,14+,19+,24+/m0/s1. The van der Waals surface area contributed by atoms with E-state index >= 15 is 0 Å². The molecule has 3 aliphatic rings. The van der Waals surface area contributed by atoms with Gasteiger partial charge in [-0.05, 0) is 26.0 Å². The van der Waals surface area contributed by atoms with Gasteiger partial charge in [0.2, 0.25) is 11.6 Å². The summed E-state index contributed by atoms with van der Waals surface area (Å²) in [5.41, 5.74) is 7.26. The van der Waals surface area contributed by atoms with Crippen LogP contribution in [0.2, 0.25) is 4.34 Å². The molecular weight excluding hydrogens is 648 g/mol. The Hall–Kier alpha value is -4.19. The lowest BCUT2D eigenvalue weighted by molar-refractivity contribution is -0.663. The molecule has 3 aliphatic heterocycles. The van der Waals surface area contributed by atoms with Crippen LogP contribution < -0.4 is 26.0 Å². The largest absolute Gasteiger partial charge is 0.543 e. The van der Waals surface area contributed by atoms with Crippen molar-refractivity contribution in [1.29, 1.82) is 0 Å². The van der Waals surface area contributed by atoms with Crippen molar-refractivity contribution in [1.82, 2.24) is 25.1 Å². The number of nitrogens with zero attached hydrogens (tertiary/aromatic N) is 5. The molecule has 2 fully saturated rings. The minimum Gasteiger partial charge on any atom is -0.543 e. The molecular formula is C27H27ClN8O7S2. The molecule has 4 atom stereocenters. The summed E-state index contributed by atoms with van der Waals surface area (Å²) in [5.74, 6) is -4.18. The smallest absolute Gasteiger partial charge is 0.347 e. The van der Waals surface area contributed by atoms with Gasteiger partial charge in [0.25, 0.3) is 11.8 Å². The number of rotatable bonds is 10. The molecule has 5 N–H and O–H groups in total. The van der Waals surface area contributed by atoms with Gasteiger partial charge in [-0.2, -0.15) is 4.57 Å². The zero-order valence-corrected chi connectivity index (χ0v) is 26.0. The van der Waals surface area contributed by atoms with Gasteiger partial charge in [0.05, 0.1) is 11.7 Å². The number of carbonyl (C=O) groups is 4. The Morgan fingerprint density at radius 2 is 2.20 bits per heavy atom. The predicted octanol–water partition coefficient (Wildman–Crippen LogP) is -0.547. The first-order chi connectivity index (χ1) is 21.5. The number of nitrogens with two attached hydrogens (primary N) is 1. The number of thiazole rings is 1. The van der Waals surface area contributed by atoms with E-state index in [1.807, 2.05) is 35.2 Å². The number of thioether (sulfide) groups is 1. The molecule has 2 saturated heterocycles. The van der Waals surface area contributed by atoms with Crippen molar-refractivity contribution in [2.75, 3.05) is 24.6 Å². The van der Waals surface area contributed by atoms with Crippen LogP contribution in [-0.4, -0.2) is 85.4 Å². The van der Waals surface area contributed by atoms with Gasteiger partial charge in [0.1, 0.15) is 27.0 Å². The summed E-state index contributed by atoms with van der Waals surface area (Å²) in [6.07, 6.45) is 3.50. The van der Waals surface area contributed by atoms with Crippen LogP contribution >= 0.6 is 34.7 Å². The molecule has 0 aliphatic carbocycles. The SMILES string of the molecule is C[C@H](O/N=C(\C(=O)N[C@@H]1C(=O)N2C(C(=O)[O-])=C(C[n+]3cccc4c3ccn4[C@@H]3CCNC3)CS[C@H]12)c1nc(N)sc1Cl)C(=O)O. The number of hydrogen-bond acceptors (Lipinski definition) is 12. The van der Waals surface area contributed by atoms with Crippen molar-refractivity contribution in [3.63, 3.8) is 0 Å². The van der Waals surface area contributed by atoms with E-state index in [0.29, 0.717) is 11.6 Å². The molecule has 3 aromatic rings. The number of carboxylic acid groups (broad SMARTS) is 2. The molecule has 6 heterocycles. The predicted molar refractivity (Wildman–Crippen MR) is 162 cm³/mol. The van der Waals surface area contributed by atoms with Gasteiger partial charge in [0, 0.05) is 42.2 Å². The highest BCUT2D eigenvalue weighted by Crippen LogP contribution is 2.40. The number of nitrogen functional groups attached to an aromatic ring is 1. The third kappa shape index (κ3) is 5.71. The summed E-state index contributed by atoms with van der Waals surface area (Å²) in [6.45, 7) is 3.24. The van der Waals surface area contributed by atoms with Crippen molar-refractivity contribution >= 4 is 80.3 Å². The fourth-order valence-corrected chi connectivity index (χ4v) is 7.82. The topological polar surface area (TPSA) is 208 Å². The minimum absolute atomic E-state index is 0.00355. The molecule has 15 nitrogen and oxygen atoms in total. The van der Waals surface area contributed by atoms with Crippen LogP contribution in [0.5, 0.6) is 0 Å². The van der Waals surface area contributed by atoms with Crippen molar-refractivity contribution in [3.05, 3.63) is 51.9 Å². The van der Waals surface area contributed by atoms with Gasteiger partial charge in [-0.25, -0.2) is 9.78 Å². The molecule has 0 aromatic carbocycles. The average molecular weight is 675 g/mol. The van der Waals surface area contributed by atoms with E-state index in [2.05, 4.69) is 25.3 Å². The van der Waals surface area contributed by atoms with Crippen LogP contribution in [0.3, 0.4) is 0 Å². The van der Waals surface area contributed by atoms with E-state index in [1.54, 1.807) is 0 Å². The maximum Gasteiger partial charge on any atom is 0.347 e. The Bertz CT molecular complexity index is 1780. The number of carboxylic acids is 2. The fourth-order valence-electron chi connectivity index (χ4n) is 5.56. The Morgan fingerprint density at radius 3 is 2.87 bits per heavy atom. The van der Waals surface area contributed by atoms with Crippen LogP contribution in [0.4, 0.5) is 5.13 Å². The maximum absolute atomic E-state index is 13.3. The Morgan fingerprint density at radius 1 is 1.40 bits per heavy atom. The number of amides is 2. The molecule has 6 rings (SSSR count). The molecule has 0 unspecified atom stereocenters. The van der Waals surface area contributed by atoms with Crippen LogP contribution in [-0.2, 0) is 30.6 Å². The molecule has 0 saturated carbocycles. The summed E-state index contributed by atoms with van der Waals surface area (Å²) < 4.78 is 4.16. The fraction of sp³-hybridized carbons (Fsp3) is 0.370. The number of aliphatic carboxylic acids is 2. The highest BCUT2D eigenvalue weighted by atomic mass is 35.5. The van der Waals surface area contributed by atoms with Crippen molar-refractivity contribution in [2.24, 2.45) is 5.16 Å². The van der Waals surface area contributed by atoms with Gasteiger partial charge in [-0.1, -0.05) is 28.1 Å². The van der Waals surface area contributed by atoms with Gasteiger partial charge in [0.15, 0.2) is 23.6 Å². The first kappa shape index (κ1) is 30.8. The normalized spacial score (nSPS) is 22.3. The van der Waals surface area contributed by atoms with Crippen LogP contribution in [0.1, 0.15) is 25.1 Å². The number of nitrogens with one attached hydrogen (secondary N) is 2. The number of aromatic nitrogens is 3. The number of β-lactam (4-membered cyclic amide) rings is 1. The Kier molecular flexibility index (Phi) is 8.43. The van der Waals surface area contributed by atoms with E-state index in [0.717, 1.165) is 46.8 Å². The highest BCUT2D eigenvalue weighted by molar-refractivity contribution is 8.00. The lowest BCUT2D eigenvalue weighted by Crippen LogP contribution is -2.71. The van der Waals surface area contributed by atoms with Crippen molar-refractivity contribution in [3.8, 4) is 0 Å². The second-order valence-corrected chi connectivity index (χ2v) is 13.3. The van der Waals surface area contributed by atoms with E-state index in [9.17, 15) is 24.3 Å². The molecule has 0 bridgehead atoms. The van der Waals surface area contributed by atoms with Gasteiger partial charge < -0.3 is 40.8 Å². The average Bonchev–Trinajstić information content (AvgIpc) is 3.76. The second-order valence-electron chi connectivity index (χ2n) is 10.6. The lowest BCUT2D eigenvalue weighted by Gasteiger charge is -2.50. The third-order valence-corrected chi connectivity index (χ3v) is 10.2. The molecule has 3 aromatic heterocycles. The van der Waals surface area contributed by atoms with E-state index in [-0.39, 0.29) is 33.2 Å². The summed E-state index contributed by atoms with van der Waals surface area (Å²) >= 11 is 8.32. The minimum atomic E-state index is -1.50. The summed E-state index contributed by atoms with van der Waals surface area (Å²) in [4.78, 5) is 60.3. The second kappa shape index (κ2) is 12.3. The summed E-state index contributed by atoms with van der Waals surface area (Å²) in [7, 11) is 0. The van der Waals surface area contributed by atoms with Crippen LogP contribution in [0.25, 0.3) is 11.0 Å². The maximum atomic E-state index is 13.3. The molecule has 0 spiro atoms. The highest BCUT2D eigenvalue weighted by Gasteiger charge is 2.53. The van der Waals surface area contributed by atoms with Crippen LogP contribution in [0, 0.1) is 0 Å². The number of hydrogen-bond donors (Lipinski definition) is 4. The number of carbonyl (C=O) groups excluding carboxylic acids is 3. The van der Waals surface area contributed by atoms with Crippen LogP contribution in [0.15, 0.2) is 47.0 Å².